The molecule has 1 heterocycles. The van der Waals surface area contributed by atoms with Crippen LogP contribution >= 0.6 is 11.6 Å². The van der Waals surface area contributed by atoms with Crippen molar-refractivity contribution in [2.24, 2.45) is 11.7 Å². The first kappa shape index (κ1) is 14.9. The van der Waals surface area contributed by atoms with Crippen molar-refractivity contribution in [3.63, 3.8) is 0 Å². The zero-order valence-corrected chi connectivity index (χ0v) is 12.8. The molecule has 2 aromatic rings. The molecule has 1 aliphatic carbocycles. The minimum Gasteiger partial charge on any atom is -0.369 e. The first-order valence-corrected chi connectivity index (χ1v) is 7.79. The number of benzene rings is 1. The molecule has 1 saturated carbocycles. The van der Waals surface area contributed by atoms with Gasteiger partial charge < -0.3 is 16.0 Å². The Labute approximate surface area is 133 Å². The molecule has 3 rings (SSSR count). The maximum atomic E-state index is 12.3. The zero-order chi connectivity index (χ0) is 15.7. The number of amides is 2. The van der Waals surface area contributed by atoms with Gasteiger partial charge in [-0.15, -0.1) is 0 Å². The third-order valence-corrected chi connectivity index (χ3v) is 4.53. The van der Waals surface area contributed by atoms with Crippen LogP contribution in [0.15, 0.2) is 24.3 Å². The van der Waals surface area contributed by atoms with E-state index in [1.54, 1.807) is 12.1 Å². The Hall–Kier alpha value is -2.01. The van der Waals surface area contributed by atoms with Crippen molar-refractivity contribution < 1.29 is 9.59 Å². The molecule has 2 amide bonds. The summed E-state index contributed by atoms with van der Waals surface area (Å²) >= 11 is 5.94. The highest BCUT2D eigenvalue weighted by Crippen LogP contribution is 2.25. The topological polar surface area (TPSA) is 88.0 Å². The first-order valence-electron chi connectivity index (χ1n) is 7.41. The second-order valence-corrected chi connectivity index (χ2v) is 6.28. The maximum absolute atomic E-state index is 12.3. The Kier molecular flexibility index (Phi) is 4.07. The quantitative estimate of drug-likeness (QED) is 0.812. The van der Waals surface area contributed by atoms with Crippen LogP contribution in [-0.2, 0) is 4.79 Å². The molecule has 0 spiro atoms. The van der Waals surface area contributed by atoms with E-state index in [1.165, 1.54) is 0 Å². The van der Waals surface area contributed by atoms with Gasteiger partial charge in [0.1, 0.15) is 5.69 Å². The summed E-state index contributed by atoms with van der Waals surface area (Å²) in [6.07, 6.45) is 3.04. The zero-order valence-electron chi connectivity index (χ0n) is 12.1. The van der Waals surface area contributed by atoms with E-state index in [4.69, 9.17) is 17.3 Å². The standard InChI is InChI=1S/C16H18ClN3O2/c17-11-4-1-10-7-14(20-13(10)8-11)16(22)19-12-5-2-9(3-6-12)15(18)21/h1,4,7-9,12,20H,2-3,5-6H2,(H2,18,21)(H,19,22). The van der Waals surface area contributed by atoms with E-state index in [9.17, 15) is 9.59 Å². The van der Waals surface area contributed by atoms with Gasteiger partial charge in [-0.2, -0.15) is 0 Å². The summed E-state index contributed by atoms with van der Waals surface area (Å²) in [5, 5.41) is 4.60. The molecule has 5 nitrogen and oxygen atoms in total. The van der Waals surface area contributed by atoms with Gasteiger partial charge in [-0.1, -0.05) is 17.7 Å². The van der Waals surface area contributed by atoms with Crippen molar-refractivity contribution in [2.75, 3.05) is 0 Å². The highest BCUT2D eigenvalue weighted by atomic mass is 35.5. The fourth-order valence-electron chi connectivity index (χ4n) is 3.01. The summed E-state index contributed by atoms with van der Waals surface area (Å²) in [5.41, 5.74) is 6.68. The first-order chi connectivity index (χ1) is 10.5. The number of fused-ring (bicyclic) bond motifs is 1. The molecule has 0 aliphatic heterocycles. The molecule has 1 aromatic heterocycles. The monoisotopic (exact) mass is 319 g/mol. The molecular formula is C16H18ClN3O2. The van der Waals surface area contributed by atoms with Gasteiger partial charge in [0.25, 0.3) is 5.91 Å². The van der Waals surface area contributed by atoms with Crippen LogP contribution in [-0.4, -0.2) is 22.8 Å². The highest BCUT2D eigenvalue weighted by Gasteiger charge is 2.26. The molecule has 1 aromatic carbocycles. The number of nitrogens with two attached hydrogens (primary N) is 1. The third kappa shape index (κ3) is 3.09. The molecule has 1 fully saturated rings. The fourth-order valence-corrected chi connectivity index (χ4v) is 3.18. The summed E-state index contributed by atoms with van der Waals surface area (Å²) in [4.78, 5) is 26.5. The van der Waals surface area contributed by atoms with Crippen LogP contribution < -0.4 is 11.1 Å². The summed E-state index contributed by atoms with van der Waals surface area (Å²) in [5.74, 6) is -0.421. The van der Waals surface area contributed by atoms with Gasteiger partial charge in [0, 0.05) is 27.9 Å². The van der Waals surface area contributed by atoms with Crippen LogP contribution in [0, 0.1) is 5.92 Å². The number of rotatable bonds is 3. The smallest absolute Gasteiger partial charge is 0.267 e. The number of H-pyrrole nitrogens is 1. The molecule has 22 heavy (non-hydrogen) atoms. The minimum atomic E-state index is -0.239. The lowest BCUT2D eigenvalue weighted by molar-refractivity contribution is -0.122. The van der Waals surface area contributed by atoms with Crippen molar-refractivity contribution in [3.05, 3.63) is 35.0 Å². The minimum absolute atomic E-state index is 0.0524. The van der Waals surface area contributed by atoms with E-state index in [1.807, 2.05) is 12.1 Å². The molecule has 1 aliphatic rings. The summed E-state index contributed by atoms with van der Waals surface area (Å²) in [7, 11) is 0. The molecular weight excluding hydrogens is 302 g/mol. The Morgan fingerprint density at radius 1 is 1.18 bits per heavy atom. The molecule has 0 atom stereocenters. The lowest BCUT2D eigenvalue weighted by Crippen LogP contribution is -2.39. The molecule has 4 N–H and O–H groups in total. The van der Waals surface area contributed by atoms with Crippen LogP contribution in [0.5, 0.6) is 0 Å². The Morgan fingerprint density at radius 3 is 2.59 bits per heavy atom. The van der Waals surface area contributed by atoms with Crippen molar-refractivity contribution in [3.8, 4) is 0 Å². The van der Waals surface area contributed by atoms with Gasteiger partial charge in [0.15, 0.2) is 0 Å². The molecule has 0 bridgehead atoms. The van der Waals surface area contributed by atoms with Crippen LogP contribution in [0.3, 0.4) is 0 Å². The lowest BCUT2D eigenvalue weighted by Gasteiger charge is -2.27. The van der Waals surface area contributed by atoms with Gasteiger partial charge in [-0.25, -0.2) is 0 Å². The van der Waals surface area contributed by atoms with Gasteiger partial charge in [-0.3, -0.25) is 9.59 Å². The van der Waals surface area contributed by atoms with Gasteiger partial charge in [0.05, 0.1) is 0 Å². The summed E-state index contributed by atoms with van der Waals surface area (Å²) in [6.45, 7) is 0. The van der Waals surface area contributed by atoms with E-state index in [0.717, 1.165) is 36.6 Å². The average Bonchev–Trinajstić information content (AvgIpc) is 2.91. The lowest BCUT2D eigenvalue weighted by atomic mass is 9.85. The van der Waals surface area contributed by atoms with Crippen LogP contribution in [0.1, 0.15) is 36.2 Å². The van der Waals surface area contributed by atoms with Crippen molar-refractivity contribution in [1.82, 2.24) is 10.3 Å². The molecule has 116 valence electrons. The van der Waals surface area contributed by atoms with E-state index in [-0.39, 0.29) is 23.8 Å². The third-order valence-electron chi connectivity index (χ3n) is 4.29. The summed E-state index contributed by atoms with van der Waals surface area (Å²) in [6, 6.07) is 7.38. The Bertz CT molecular complexity index is 717. The Balaban J connectivity index is 1.65. The molecule has 0 radical (unpaired) electrons. The number of carbonyl (C=O) groups excluding carboxylic acids is 2. The summed E-state index contributed by atoms with van der Waals surface area (Å²) < 4.78 is 0. The molecule has 0 saturated heterocycles. The SMILES string of the molecule is NC(=O)C1CCC(NC(=O)c2cc3ccc(Cl)cc3[nH]2)CC1. The predicted molar refractivity (Wildman–Crippen MR) is 85.7 cm³/mol. The highest BCUT2D eigenvalue weighted by molar-refractivity contribution is 6.31. The van der Waals surface area contributed by atoms with E-state index in [2.05, 4.69) is 10.3 Å². The van der Waals surface area contributed by atoms with E-state index >= 15 is 0 Å². The predicted octanol–water partition coefficient (Wildman–Crippen LogP) is 2.60. The number of aromatic nitrogens is 1. The Morgan fingerprint density at radius 2 is 1.91 bits per heavy atom. The van der Waals surface area contributed by atoms with E-state index < -0.39 is 0 Å². The van der Waals surface area contributed by atoms with Crippen LogP contribution in [0.4, 0.5) is 0 Å². The molecule has 0 unspecified atom stereocenters. The second-order valence-electron chi connectivity index (χ2n) is 5.84. The van der Waals surface area contributed by atoms with Gasteiger partial charge in [0.2, 0.25) is 5.91 Å². The largest absolute Gasteiger partial charge is 0.369 e. The number of primary amides is 1. The normalized spacial score (nSPS) is 21.7. The fraction of sp³-hybridized carbons (Fsp3) is 0.375. The average molecular weight is 320 g/mol. The van der Waals surface area contributed by atoms with Crippen molar-refractivity contribution in [1.29, 1.82) is 0 Å². The number of aromatic amines is 1. The number of carbonyl (C=O) groups is 2. The second kappa shape index (κ2) is 6.01. The number of hydrogen-bond donors (Lipinski definition) is 3. The number of halogens is 1. The maximum Gasteiger partial charge on any atom is 0.267 e. The van der Waals surface area contributed by atoms with Crippen LogP contribution in [0.2, 0.25) is 5.02 Å². The van der Waals surface area contributed by atoms with Crippen LogP contribution in [0.25, 0.3) is 10.9 Å². The number of hydrogen-bond acceptors (Lipinski definition) is 2. The number of nitrogens with one attached hydrogen (secondary N) is 2. The molecule has 6 heteroatoms. The van der Waals surface area contributed by atoms with Gasteiger partial charge >= 0.3 is 0 Å². The van der Waals surface area contributed by atoms with E-state index in [0.29, 0.717) is 10.7 Å². The van der Waals surface area contributed by atoms with Crippen molar-refractivity contribution in [2.45, 2.75) is 31.7 Å². The van der Waals surface area contributed by atoms with Gasteiger partial charge in [-0.05, 0) is 43.9 Å². The van der Waals surface area contributed by atoms with Crippen molar-refractivity contribution >= 4 is 34.3 Å².